The molecule has 0 radical (unpaired) electrons. The molecule has 10 heteroatoms. The summed E-state index contributed by atoms with van der Waals surface area (Å²) in [5.74, 6) is 1.81. The van der Waals surface area contributed by atoms with Gasteiger partial charge in [-0.1, -0.05) is 13.8 Å². The van der Waals surface area contributed by atoms with E-state index in [0.717, 1.165) is 24.3 Å². The molecule has 1 saturated carbocycles. The third-order valence-electron chi connectivity index (χ3n) is 6.61. The lowest BCUT2D eigenvalue weighted by molar-refractivity contribution is -0.143. The van der Waals surface area contributed by atoms with Crippen molar-refractivity contribution in [2.45, 2.75) is 70.5 Å². The Labute approximate surface area is 188 Å². The molecule has 1 amide bonds. The zero-order chi connectivity index (χ0) is 23.7. The Morgan fingerprint density at radius 3 is 2.19 bits per heavy atom. The Morgan fingerprint density at radius 2 is 1.69 bits per heavy atom. The quantitative estimate of drug-likeness (QED) is 0.517. The van der Waals surface area contributed by atoms with Crippen LogP contribution in [0.5, 0.6) is 0 Å². The topological polar surface area (TPSA) is 41.1 Å². The summed E-state index contributed by atoms with van der Waals surface area (Å²) in [5, 5.41) is 6.24. The number of nitrogens with one attached hydrogen (secondary N) is 2. The fourth-order valence-corrected chi connectivity index (χ4v) is 5.85. The Kier molecular flexibility index (Phi) is 7.44. The van der Waals surface area contributed by atoms with Crippen molar-refractivity contribution < 1.29 is 31.1 Å². The summed E-state index contributed by atoms with van der Waals surface area (Å²) < 4.78 is 78.6. The van der Waals surface area contributed by atoms with Crippen LogP contribution in [0.2, 0.25) is 0 Å². The van der Waals surface area contributed by atoms with Crippen molar-refractivity contribution in [1.29, 1.82) is 0 Å². The van der Waals surface area contributed by atoms with Gasteiger partial charge >= 0.3 is 12.4 Å². The number of benzene rings is 1. The highest BCUT2D eigenvalue weighted by atomic mass is 32.2. The lowest BCUT2D eigenvalue weighted by Gasteiger charge is -2.33. The number of hydrogen-bond acceptors (Lipinski definition) is 3. The number of halogens is 6. The summed E-state index contributed by atoms with van der Waals surface area (Å²) in [6.45, 7) is 3.47. The van der Waals surface area contributed by atoms with E-state index in [4.69, 9.17) is 0 Å². The van der Waals surface area contributed by atoms with Crippen LogP contribution in [0.25, 0.3) is 0 Å². The van der Waals surface area contributed by atoms with Crippen LogP contribution in [-0.4, -0.2) is 29.5 Å². The van der Waals surface area contributed by atoms with E-state index < -0.39 is 35.4 Å². The maximum absolute atomic E-state index is 13.1. The van der Waals surface area contributed by atoms with Crippen molar-refractivity contribution in [2.24, 2.45) is 11.3 Å². The van der Waals surface area contributed by atoms with Crippen molar-refractivity contribution in [2.75, 3.05) is 11.5 Å². The lowest BCUT2D eigenvalue weighted by atomic mass is 9.74. The number of rotatable bonds is 6. The van der Waals surface area contributed by atoms with Crippen LogP contribution in [-0.2, 0) is 23.7 Å². The van der Waals surface area contributed by atoms with Gasteiger partial charge in [0.25, 0.3) is 0 Å². The third-order valence-corrected chi connectivity index (χ3v) is 7.77. The zero-order valence-electron chi connectivity index (χ0n) is 18.0. The molecule has 3 rings (SSSR count). The highest BCUT2D eigenvalue weighted by Crippen LogP contribution is 2.45. The molecule has 1 aliphatic heterocycles. The lowest BCUT2D eigenvalue weighted by Crippen LogP contribution is -2.45. The smallest absolute Gasteiger partial charge is 0.352 e. The second-order valence-corrected chi connectivity index (χ2v) is 10.2. The normalized spacial score (nSPS) is 26.7. The van der Waals surface area contributed by atoms with Crippen LogP contribution in [0, 0.1) is 11.3 Å². The maximum Gasteiger partial charge on any atom is 0.416 e. The molecule has 32 heavy (non-hydrogen) atoms. The van der Waals surface area contributed by atoms with Crippen molar-refractivity contribution in [3.63, 3.8) is 0 Å². The zero-order valence-corrected chi connectivity index (χ0v) is 18.8. The first kappa shape index (κ1) is 25.2. The van der Waals surface area contributed by atoms with Crippen LogP contribution in [0.3, 0.4) is 0 Å². The molecule has 0 aromatic heterocycles. The first-order valence-electron chi connectivity index (χ1n) is 10.7. The molecular weight excluding hydrogens is 454 g/mol. The summed E-state index contributed by atoms with van der Waals surface area (Å²) in [6, 6.07) is 2.01. The van der Waals surface area contributed by atoms with Gasteiger partial charge in [0.2, 0.25) is 5.91 Å². The van der Waals surface area contributed by atoms with Crippen molar-refractivity contribution >= 4 is 17.7 Å². The number of carbonyl (C=O) groups is 1. The number of hydrogen-bond donors (Lipinski definition) is 2. The fraction of sp³-hybridized carbons (Fsp3) is 0.682. The summed E-state index contributed by atoms with van der Waals surface area (Å²) in [5.41, 5.74) is -3.68. The predicted molar refractivity (Wildman–Crippen MR) is 112 cm³/mol. The van der Waals surface area contributed by atoms with Crippen LogP contribution >= 0.6 is 11.8 Å². The number of thioether (sulfide) groups is 1. The molecule has 0 spiro atoms. The van der Waals surface area contributed by atoms with E-state index in [1.807, 2.05) is 25.6 Å². The maximum atomic E-state index is 13.1. The summed E-state index contributed by atoms with van der Waals surface area (Å²) in [7, 11) is 0. The van der Waals surface area contributed by atoms with E-state index in [0.29, 0.717) is 31.0 Å². The SMILES string of the molecule is CC(C)[C@]1(C(=O)NCc2cc(C(F)(F)F)cc(C(F)(F)F)c2)CC[C@@H](NC2CCSC2)C1. The van der Waals surface area contributed by atoms with E-state index in [9.17, 15) is 31.1 Å². The molecule has 1 heterocycles. The monoisotopic (exact) mass is 482 g/mol. The molecule has 0 bridgehead atoms. The van der Waals surface area contributed by atoms with Gasteiger partial charge in [-0.05, 0) is 61.1 Å². The minimum Gasteiger partial charge on any atom is -0.352 e. The standard InChI is InChI=1S/C22H28F6N2OS/c1-13(2)20(5-3-17(10-20)30-18-4-6-32-12-18)19(31)29-11-14-7-15(21(23,24)25)9-16(8-14)22(26,27)28/h7-9,13,17-18,30H,3-6,10-12H2,1-2H3,(H,29,31)/t17-,18?,20+/m1/s1. The average Bonchev–Trinajstić information content (AvgIpc) is 3.35. The molecule has 1 aromatic carbocycles. The number of carbonyl (C=O) groups excluding carboxylic acids is 1. The molecule has 1 aliphatic carbocycles. The molecule has 180 valence electrons. The number of amides is 1. The van der Waals surface area contributed by atoms with Gasteiger partial charge < -0.3 is 10.6 Å². The van der Waals surface area contributed by atoms with E-state index >= 15 is 0 Å². The summed E-state index contributed by atoms with van der Waals surface area (Å²) >= 11 is 1.89. The largest absolute Gasteiger partial charge is 0.416 e. The van der Waals surface area contributed by atoms with Gasteiger partial charge in [0.15, 0.2) is 0 Å². The highest BCUT2D eigenvalue weighted by molar-refractivity contribution is 7.99. The third kappa shape index (κ3) is 5.73. The first-order chi connectivity index (χ1) is 14.8. The van der Waals surface area contributed by atoms with E-state index in [1.54, 1.807) is 0 Å². The minimum absolute atomic E-state index is 0.0144. The van der Waals surface area contributed by atoms with Gasteiger partial charge in [-0.25, -0.2) is 0 Å². The van der Waals surface area contributed by atoms with Gasteiger partial charge in [0, 0.05) is 24.4 Å². The summed E-state index contributed by atoms with van der Waals surface area (Å²) in [4.78, 5) is 13.1. The van der Waals surface area contributed by atoms with Crippen LogP contribution < -0.4 is 10.6 Å². The van der Waals surface area contributed by atoms with Gasteiger partial charge in [-0.15, -0.1) is 0 Å². The number of alkyl halides is 6. The second kappa shape index (κ2) is 9.44. The summed E-state index contributed by atoms with van der Waals surface area (Å²) in [6.07, 6.45) is -6.70. The van der Waals surface area contributed by atoms with Crippen molar-refractivity contribution in [3.8, 4) is 0 Å². The molecule has 1 unspecified atom stereocenters. The van der Waals surface area contributed by atoms with Crippen LogP contribution in [0.4, 0.5) is 26.3 Å². The molecule has 1 aromatic rings. The van der Waals surface area contributed by atoms with E-state index in [-0.39, 0.29) is 29.5 Å². The predicted octanol–water partition coefficient (Wildman–Crippen LogP) is 5.63. The van der Waals surface area contributed by atoms with Gasteiger partial charge in [0.1, 0.15) is 0 Å². The molecule has 2 fully saturated rings. The molecule has 1 saturated heterocycles. The Balaban J connectivity index is 1.73. The Morgan fingerprint density at radius 1 is 1.06 bits per heavy atom. The Bertz CT molecular complexity index is 787. The second-order valence-electron chi connectivity index (χ2n) is 9.07. The highest BCUT2D eigenvalue weighted by Gasteiger charge is 2.47. The van der Waals surface area contributed by atoms with Gasteiger partial charge in [-0.3, -0.25) is 4.79 Å². The molecule has 2 N–H and O–H groups in total. The van der Waals surface area contributed by atoms with Crippen molar-refractivity contribution in [3.05, 3.63) is 34.9 Å². The molecule has 2 aliphatic rings. The molecule has 3 nitrogen and oxygen atoms in total. The molecular formula is C22H28F6N2OS. The van der Waals surface area contributed by atoms with Gasteiger partial charge in [0.05, 0.1) is 16.5 Å². The minimum atomic E-state index is -4.91. The van der Waals surface area contributed by atoms with E-state index in [1.165, 1.54) is 0 Å². The van der Waals surface area contributed by atoms with Crippen molar-refractivity contribution in [1.82, 2.24) is 10.6 Å². The average molecular weight is 483 g/mol. The van der Waals surface area contributed by atoms with E-state index in [2.05, 4.69) is 10.6 Å². The van der Waals surface area contributed by atoms with Crippen LogP contribution in [0.1, 0.15) is 56.2 Å². The van der Waals surface area contributed by atoms with Crippen LogP contribution in [0.15, 0.2) is 18.2 Å². The molecule has 3 atom stereocenters. The first-order valence-corrected chi connectivity index (χ1v) is 11.9. The fourth-order valence-electron chi connectivity index (χ4n) is 4.69. The van der Waals surface area contributed by atoms with Gasteiger partial charge in [-0.2, -0.15) is 38.1 Å². The Hall–Kier alpha value is -1.42.